The minimum absolute atomic E-state index is 0. The molecule has 2 unspecified atom stereocenters. The second kappa shape index (κ2) is 19.5. The molecule has 17 heteroatoms. The fraction of sp³-hybridized carbons (Fsp3) is 0.405. The van der Waals surface area contributed by atoms with E-state index in [0.29, 0.717) is 11.6 Å². The number of Topliss-reactive ketones (excluding diaryl/α,β-unsaturated/α-hetero) is 6. The van der Waals surface area contributed by atoms with Crippen molar-refractivity contribution in [3.05, 3.63) is 83.2 Å². The van der Waals surface area contributed by atoms with Crippen LogP contribution >= 0.6 is 11.6 Å². The summed E-state index contributed by atoms with van der Waals surface area (Å²) < 4.78 is 21.1. The maximum absolute atomic E-state index is 13.3. The van der Waals surface area contributed by atoms with Crippen molar-refractivity contribution in [2.45, 2.75) is 70.6 Å². The zero-order valence-corrected chi connectivity index (χ0v) is 32.4. The van der Waals surface area contributed by atoms with Gasteiger partial charge in [-0.15, -0.1) is 0 Å². The molecule has 1 aliphatic heterocycles. The van der Waals surface area contributed by atoms with Gasteiger partial charge in [0, 0.05) is 72.9 Å². The molecule has 2 atom stereocenters. The third-order valence-electron chi connectivity index (χ3n) is 9.16. The molecule has 6 rings (SSSR count). The van der Waals surface area contributed by atoms with Gasteiger partial charge < -0.3 is 24.5 Å². The van der Waals surface area contributed by atoms with E-state index in [0.717, 1.165) is 11.1 Å². The summed E-state index contributed by atoms with van der Waals surface area (Å²) in [4.78, 5) is 93.0. The van der Waals surface area contributed by atoms with Crippen molar-refractivity contribution >= 4 is 96.0 Å². The summed E-state index contributed by atoms with van der Waals surface area (Å²) in [5.41, 5.74) is 1.18. The van der Waals surface area contributed by atoms with Gasteiger partial charge in [0.2, 0.25) is 0 Å². The van der Waals surface area contributed by atoms with Crippen LogP contribution in [0.5, 0.6) is 0 Å². The van der Waals surface area contributed by atoms with Gasteiger partial charge in [-0.05, 0) is 23.8 Å². The number of carboxylic acid groups (broad SMARTS) is 2. The number of hydrogen-bond acceptors (Lipinski definition) is 13. The molecule has 1 saturated heterocycles. The molecule has 1 aromatic heterocycles. The number of rotatable bonds is 10. The van der Waals surface area contributed by atoms with E-state index in [9.17, 15) is 53.0 Å². The fourth-order valence-electron chi connectivity index (χ4n) is 6.30. The monoisotopic (exact) mass is 791 g/mol. The third kappa shape index (κ3) is 10.6. The molecule has 0 radical (unpaired) electrons. The Bertz CT molecular complexity index is 1800. The second-order valence-corrected chi connectivity index (χ2v) is 13.1. The predicted molar refractivity (Wildman–Crippen MR) is 182 cm³/mol. The van der Waals surface area contributed by atoms with Gasteiger partial charge in [0.25, 0.3) is 0 Å². The Morgan fingerprint density at radius 1 is 0.815 bits per heavy atom. The molecule has 3 aliphatic rings. The van der Waals surface area contributed by atoms with Crippen LogP contribution in [0.2, 0.25) is 5.02 Å². The quantitative estimate of drug-likeness (QED) is 0.160. The molecule has 14 nitrogen and oxygen atoms in total. The number of benzene rings is 2. The van der Waals surface area contributed by atoms with E-state index in [4.69, 9.17) is 16.3 Å². The van der Waals surface area contributed by atoms with Crippen LogP contribution in [-0.4, -0.2) is 99.1 Å². The Balaban J connectivity index is 0.000000225. The summed E-state index contributed by atoms with van der Waals surface area (Å²) in [7, 11) is 0. The summed E-state index contributed by atoms with van der Waals surface area (Å²) in [5, 5.41) is 25.8. The van der Waals surface area contributed by atoms with Crippen molar-refractivity contribution in [2.75, 3.05) is 0 Å². The number of carboxylic acids is 2. The summed E-state index contributed by atoms with van der Waals surface area (Å²) in [6.07, 6.45) is 2.04. The summed E-state index contributed by atoms with van der Waals surface area (Å²) in [6, 6.07) is 13.9. The Kier molecular flexibility index (Phi) is 16.1. The first kappa shape index (κ1) is 44.4. The topological polar surface area (TPSA) is 226 Å². The molecule has 3 fully saturated rings. The molecular formula is C37H35CaClFN3O11. The number of halogens is 2. The van der Waals surface area contributed by atoms with Crippen molar-refractivity contribution in [2.24, 2.45) is 23.7 Å². The smallest absolute Gasteiger partial charge is 0.550 e. The number of ketones is 6. The number of epoxide rings is 1. The first-order valence-corrected chi connectivity index (χ1v) is 17.1. The van der Waals surface area contributed by atoms with E-state index in [1.807, 2.05) is 24.3 Å². The molecule has 280 valence electrons. The average Bonchev–Trinajstić information content (AvgIpc) is 3.59. The van der Waals surface area contributed by atoms with E-state index < -0.39 is 75.9 Å². The van der Waals surface area contributed by atoms with Crippen LogP contribution in [0.1, 0.15) is 69.6 Å². The van der Waals surface area contributed by atoms with Gasteiger partial charge in [-0.2, -0.15) is 5.10 Å². The number of aliphatic carboxylic acids is 2. The number of carbonyl (C=O) groups excluding carboxylic acids is 8. The number of hydrogen-bond donors (Lipinski definition) is 0. The number of aromatic nitrogens is 3. The normalized spacial score (nSPS) is 24.5. The minimum Gasteiger partial charge on any atom is -0.550 e. The van der Waals surface area contributed by atoms with Crippen LogP contribution in [0.3, 0.4) is 0 Å². The minimum atomic E-state index is -1.40. The van der Waals surface area contributed by atoms with Crippen LogP contribution in [0.4, 0.5) is 4.39 Å². The van der Waals surface area contributed by atoms with Gasteiger partial charge in [0.05, 0.1) is 6.54 Å². The van der Waals surface area contributed by atoms with E-state index in [1.54, 1.807) is 37.0 Å². The molecule has 54 heavy (non-hydrogen) atoms. The van der Waals surface area contributed by atoms with Gasteiger partial charge >= 0.3 is 37.7 Å². The maximum Gasteiger partial charge on any atom is 2.00 e. The van der Waals surface area contributed by atoms with Crippen molar-refractivity contribution in [3.8, 4) is 0 Å². The Morgan fingerprint density at radius 2 is 1.28 bits per heavy atom. The van der Waals surface area contributed by atoms with Gasteiger partial charge in [0.15, 0.2) is 34.7 Å². The number of carbonyl (C=O) groups is 8. The molecule has 2 saturated carbocycles. The molecule has 2 aromatic carbocycles. The van der Waals surface area contributed by atoms with Crippen LogP contribution in [0.25, 0.3) is 0 Å². The van der Waals surface area contributed by atoms with Crippen LogP contribution in [-0.2, 0) is 55.2 Å². The second-order valence-electron chi connectivity index (χ2n) is 12.7. The van der Waals surface area contributed by atoms with E-state index in [2.05, 4.69) is 10.1 Å². The SMILES string of the molecule is CCC(=O)C1C(=O)CC(C(=O)[O-])CC1=O.CCC(=O)C1C(=O)CC(C(=O)[O-])CC1=O.Fc1ccc(C2(Cn3cncn3)OC2c2ccccc2Cl)cc1.[Ca+2]. The van der Waals surface area contributed by atoms with Crippen LogP contribution in [0, 0.1) is 29.5 Å². The fourth-order valence-corrected chi connectivity index (χ4v) is 6.54. The predicted octanol–water partition coefficient (Wildman–Crippen LogP) is 1.12. The maximum atomic E-state index is 13.3. The van der Waals surface area contributed by atoms with Gasteiger partial charge in [-0.3, -0.25) is 28.8 Å². The van der Waals surface area contributed by atoms with E-state index >= 15 is 0 Å². The Labute approximate surface area is 343 Å². The van der Waals surface area contributed by atoms with Crippen molar-refractivity contribution in [1.82, 2.24) is 14.8 Å². The van der Waals surface area contributed by atoms with Crippen molar-refractivity contribution < 1.29 is 57.7 Å². The van der Waals surface area contributed by atoms with Gasteiger partial charge in [0.1, 0.15) is 42.0 Å². The number of ether oxygens (including phenoxy) is 1. The third-order valence-corrected chi connectivity index (χ3v) is 9.51. The van der Waals surface area contributed by atoms with Crippen molar-refractivity contribution in [1.29, 1.82) is 0 Å². The van der Waals surface area contributed by atoms with Crippen LogP contribution < -0.4 is 10.2 Å². The first-order valence-electron chi connectivity index (χ1n) is 16.7. The summed E-state index contributed by atoms with van der Waals surface area (Å²) in [5.74, 6) is -10.9. The molecule has 0 spiro atoms. The van der Waals surface area contributed by atoms with Gasteiger partial charge in [-0.25, -0.2) is 14.1 Å². The molecule has 0 amide bonds. The summed E-state index contributed by atoms with van der Waals surface area (Å²) in [6.45, 7) is 3.61. The molecule has 3 aromatic rings. The molecule has 0 bridgehead atoms. The largest absolute Gasteiger partial charge is 2.00 e. The number of nitrogens with zero attached hydrogens (tertiary/aromatic N) is 3. The van der Waals surface area contributed by atoms with E-state index in [-0.39, 0.29) is 88.2 Å². The average molecular weight is 792 g/mol. The van der Waals surface area contributed by atoms with Crippen molar-refractivity contribution in [3.63, 3.8) is 0 Å². The Hall–Kier alpha value is -4.02. The van der Waals surface area contributed by atoms with Crippen LogP contribution in [0.15, 0.2) is 61.2 Å². The zero-order chi connectivity index (χ0) is 39.0. The summed E-state index contributed by atoms with van der Waals surface area (Å²) >= 11 is 6.31. The standard InChI is InChI=1S/C17H13ClFN3O.2C10H12O5.Ca/c18-15-4-2-1-3-14(15)16-17(23-16,9-22-11-20-10-21-22)12-5-7-13(19)8-6-12;2*1-2-6(11)9-7(12)3-5(10(14)15)4-8(9)13;/h1-8,10-11,16H,9H2;2*5,9H,2-4H2,1H3,(H,14,15);/q;;;+2/p-2. The zero-order valence-electron chi connectivity index (χ0n) is 29.4. The van der Waals surface area contributed by atoms with Gasteiger partial charge in [-0.1, -0.05) is 55.8 Å². The molecule has 0 N–H and O–H groups in total. The molecule has 2 aliphatic carbocycles. The first-order chi connectivity index (χ1) is 25.1. The van der Waals surface area contributed by atoms with E-state index in [1.165, 1.54) is 18.5 Å². The molecule has 2 heterocycles. The Morgan fingerprint density at radius 3 is 1.67 bits per heavy atom. The molecular weight excluding hydrogens is 757 g/mol.